The molecule has 1 aromatic heterocycles. The van der Waals surface area contributed by atoms with Gasteiger partial charge in [0.05, 0.1) is 6.04 Å². The fourth-order valence-electron chi connectivity index (χ4n) is 1.04. The van der Waals surface area contributed by atoms with Gasteiger partial charge in [0.1, 0.15) is 10.7 Å². The summed E-state index contributed by atoms with van der Waals surface area (Å²) >= 11 is 1.42. The van der Waals surface area contributed by atoms with Gasteiger partial charge >= 0.3 is 0 Å². The first-order valence-electron chi connectivity index (χ1n) is 5.29. The molecule has 1 rings (SSSR count). The number of hydrogen-bond acceptors (Lipinski definition) is 4. The summed E-state index contributed by atoms with van der Waals surface area (Å²) in [5.41, 5.74) is 6.23. The van der Waals surface area contributed by atoms with Crippen LogP contribution in [0.15, 0.2) is 5.38 Å². The van der Waals surface area contributed by atoms with E-state index in [-0.39, 0.29) is 17.4 Å². The van der Waals surface area contributed by atoms with Crippen molar-refractivity contribution in [3.05, 3.63) is 16.1 Å². The first-order valence-corrected chi connectivity index (χ1v) is 6.17. The van der Waals surface area contributed by atoms with E-state index in [2.05, 4.69) is 31.1 Å². The Morgan fingerprint density at radius 1 is 1.62 bits per heavy atom. The standard InChI is InChI=1S/C11H19N3OS/c1-7(12)10-14-8(5-16-10)9(15)13-6-11(2,3)4/h5,7H,6,12H2,1-4H3,(H,13,15). The third kappa shape index (κ3) is 3.90. The second kappa shape index (κ2) is 4.93. The minimum absolute atomic E-state index is 0.0790. The van der Waals surface area contributed by atoms with Gasteiger partial charge in [-0.1, -0.05) is 20.8 Å². The highest BCUT2D eigenvalue weighted by Crippen LogP contribution is 2.16. The summed E-state index contributed by atoms with van der Waals surface area (Å²) in [5, 5.41) is 5.39. The largest absolute Gasteiger partial charge is 0.350 e. The van der Waals surface area contributed by atoms with Crippen molar-refractivity contribution < 1.29 is 4.79 Å². The second-order valence-corrected chi connectivity index (χ2v) is 5.99. The van der Waals surface area contributed by atoms with E-state index >= 15 is 0 Å². The molecular formula is C11H19N3OS. The molecule has 3 N–H and O–H groups in total. The van der Waals surface area contributed by atoms with Gasteiger partial charge in [0.2, 0.25) is 0 Å². The summed E-state index contributed by atoms with van der Waals surface area (Å²) in [6, 6.07) is -0.117. The van der Waals surface area contributed by atoms with E-state index in [1.807, 2.05) is 6.92 Å². The van der Waals surface area contributed by atoms with E-state index in [1.54, 1.807) is 5.38 Å². The van der Waals surface area contributed by atoms with E-state index in [4.69, 9.17) is 5.73 Å². The SMILES string of the molecule is CC(N)c1nc(C(=O)NCC(C)(C)C)cs1. The van der Waals surface area contributed by atoms with Crippen LogP contribution < -0.4 is 11.1 Å². The predicted molar refractivity (Wildman–Crippen MR) is 66.5 cm³/mol. The molecule has 0 aliphatic carbocycles. The van der Waals surface area contributed by atoms with Crippen molar-refractivity contribution in [2.24, 2.45) is 11.1 Å². The molecule has 0 bridgehead atoms. The Balaban J connectivity index is 2.60. The average Bonchev–Trinajstić information content (AvgIpc) is 2.61. The lowest BCUT2D eigenvalue weighted by Crippen LogP contribution is -2.32. The van der Waals surface area contributed by atoms with Gasteiger partial charge in [0.15, 0.2) is 0 Å². The van der Waals surface area contributed by atoms with Gasteiger partial charge < -0.3 is 11.1 Å². The summed E-state index contributed by atoms with van der Waals surface area (Å²) in [6.45, 7) is 8.71. The normalized spacial score (nSPS) is 13.6. The summed E-state index contributed by atoms with van der Waals surface area (Å²) in [6.07, 6.45) is 0. The smallest absolute Gasteiger partial charge is 0.270 e. The van der Waals surface area contributed by atoms with Gasteiger partial charge in [-0.2, -0.15) is 0 Å². The zero-order valence-electron chi connectivity index (χ0n) is 10.2. The fourth-order valence-corrected chi connectivity index (χ4v) is 1.79. The summed E-state index contributed by atoms with van der Waals surface area (Å²) in [5.74, 6) is -0.127. The number of nitrogens with one attached hydrogen (secondary N) is 1. The van der Waals surface area contributed by atoms with Crippen LogP contribution in [-0.2, 0) is 0 Å². The lowest BCUT2D eigenvalue weighted by atomic mass is 9.97. The topological polar surface area (TPSA) is 68.0 Å². The molecule has 0 fully saturated rings. The zero-order valence-corrected chi connectivity index (χ0v) is 11.0. The van der Waals surface area contributed by atoms with Gasteiger partial charge in [-0.25, -0.2) is 4.98 Å². The highest BCUT2D eigenvalue weighted by atomic mass is 32.1. The molecule has 4 nitrogen and oxygen atoms in total. The molecule has 1 unspecified atom stereocenters. The van der Waals surface area contributed by atoms with Gasteiger partial charge in [-0.15, -0.1) is 11.3 Å². The molecule has 0 aliphatic rings. The Kier molecular flexibility index (Phi) is 4.04. The molecule has 0 spiro atoms. The number of carbonyl (C=O) groups excluding carboxylic acids is 1. The van der Waals surface area contributed by atoms with E-state index in [0.717, 1.165) is 5.01 Å². The number of hydrogen-bond donors (Lipinski definition) is 2. The number of thiazole rings is 1. The molecule has 0 aliphatic heterocycles. The highest BCUT2D eigenvalue weighted by Gasteiger charge is 2.15. The summed E-state index contributed by atoms with van der Waals surface area (Å²) in [4.78, 5) is 15.9. The van der Waals surface area contributed by atoms with E-state index < -0.39 is 0 Å². The van der Waals surface area contributed by atoms with Crippen LogP contribution >= 0.6 is 11.3 Å². The van der Waals surface area contributed by atoms with Crippen LogP contribution in [0.4, 0.5) is 0 Å². The van der Waals surface area contributed by atoms with Gasteiger partial charge in [0, 0.05) is 11.9 Å². The van der Waals surface area contributed by atoms with Crippen LogP contribution in [0.3, 0.4) is 0 Å². The highest BCUT2D eigenvalue weighted by molar-refractivity contribution is 7.09. The van der Waals surface area contributed by atoms with Crippen molar-refractivity contribution >= 4 is 17.2 Å². The molecular weight excluding hydrogens is 222 g/mol. The average molecular weight is 241 g/mol. The fraction of sp³-hybridized carbons (Fsp3) is 0.636. The predicted octanol–water partition coefficient (Wildman–Crippen LogP) is 1.94. The molecule has 5 heteroatoms. The van der Waals surface area contributed by atoms with Crippen LogP contribution in [0.1, 0.15) is 49.2 Å². The first-order chi connectivity index (χ1) is 7.29. The molecule has 0 saturated carbocycles. The van der Waals surface area contributed by atoms with Crippen molar-refractivity contribution in [1.82, 2.24) is 10.3 Å². The molecule has 1 aromatic rings. The van der Waals surface area contributed by atoms with Crippen LogP contribution in [0.5, 0.6) is 0 Å². The maximum Gasteiger partial charge on any atom is 0.270 e. The lowest BCUT2D eigenvalue weighted by Gasteiger charge is -2.18. The minimum atomic E-state index is -0.127. The molecule has 16 heavy (non-hydrogen) atoms. The van der Waals surface area contributed by atoms with Crippen LogP contribution in [0, 0.1) is 5.41 Å². The number of aromatic nitrogens is 1. The zero-order chi connectivity index (χ0) is 12.3. The Bertz CT molecular complexity index is 366. The summed E-state index contributed by atoms with van der Waals surface area (Å²) < 4.78 is 0. The monoisotopic (exact) mass is 241 g/mol. The van der Waals surface area contributed by atoms with Gasteiger partial charge in [-0.05, 0) is 12.3 Å². The van der Waals surface area contributed by atoms with Crippen molar-refractivity contribution in [2.45, 2.75) is 33.7 Å². The van der Waals surface area contributed by atoms with Crippen LogP contribution in [0.2, 0.25) is 0 Å². The lowest BCUT2D eigenvalue weighted by molar-refractivity contribution is 0.0935. The van der Waals surface area contributed by atoms with Crippen molar-refractivity contribution in [3.63, 3.8) is 0 Å². The Labute approximate surface area is 100 Å². The second-order valence-electron chi connectivity index (χ2n) is 5.10. The van der Waals surface area contributed by atoms with Crippen molar-refractivity contribution in [3.8, 4) is 0 Å². The van der Waals surface area contributed by atoms with Crippen molar-refractivity contribution in [2.75, 3.05) is 6.54 Å². The number of nitrogens with zero attached hydrogens (tertiary/aromatic N) is 1. The number of nitrogens with two attached hydrogens (primary N) is 1. The summed E-state index contributed by atoms with van der Waals surface area (Å²) in [7, 11) is 0. The maximum atomic E-state index is 11.7. The minimum Gasteiger partial charge on any atom is -0.350 e. The van der Waals surface area contributed by atoms with Crippen molar-refractivity contribution in [1.29, 1.82) is 0 Å². The number of amides is 1. The molecule has 0 radical (unpaired) electrons. The first kappa shape index (κ1) is 13.1. The van der Waals surface area contributed by atoms with E-state index in [9.17, 15) is 4.79 Å². The molecule has 1 atom stereocenters. The Morgan fingerprint density at radius 3 is 2.69 bits per heavy atom. The quantitative estimate of drug-likeness (QED) is 0.849. The molecule has 1 heterocycles. The van der Waals surface area contributed by atoms with Gasteiger partial charge in [0.25, 0.3) is 5.91 Å². The van der Waals surface area contributed by atoms with E-state index in [0.29, 0.717) is 12.2 Å². The van der Waals surface area contributed by atoms with Crippen LogP contribution in [-0.4, -0.2) is 17.4 Å². The van der Waals surface area contributed by atoms with Crippen LogP contribution in [0.25, 0.3) is 0 Å². The third-order valence-corrected chi connectivity index (χ3v) is 2.97. The number of carbonyl (C=O) groups is 1. The van der Waals surface area contributed by atoms with Gasteiger partial charge in [-0.3, -0.25) is 4.79 Å². The maximum absolute atomic E-state index is 11.7. The Morgan fingerprint density at radius 2 is 2.25 bits per heavy atom. The Hall–Kier alpha value is -0.940. The third-order valence-electron chi connectivity index (χ3n) is 1.92. The molecule has 0 aromatic carbocycles. The molecule has 0 saturated heterocycles. The molecule has 90 valence electrons. The molecule has 1 amide bonds. The van der Waals surface area contributed by atoms with E-state index in [1.165, 1.54) is 11.3 Å². The number of rotatable bonds is 3.